The van der Waals surface area contributed by atoms with Crippen LogP contribution in [0.2, 0.25) is 0 Å². The van der Waals surface area contributed by atoms with E-state index in [-0.39, 0.29) is 23.1 Å². The first-order valence-corrected chi connectivity index (χ1v) is 7.89. The third kappa shape index (κ3) is 2.60. The van der Waals surface area contributed by atoms with Gasteiger partial charge in [-0.15, -0.1) is 11.3 Å². The fourth-order valence-corrected chi connectivity index (χ4v) is 3.34. The van der Waals surface area contributed by atoms with Gasteiger partial charge in [0, 0.05) is 23.8 Å². The van der Waals surface area contributed by atoms with Gasteiger partial charge in [-0.25, -0.2) is 4.98 Å². The minimum Gasteiger partial charge on any atom is -0.349 e. The van der Waals surface area contributed by atoms with Crippen LogP contribution in [0.4, 0.5) is 0 Å². The van der Waals surface area contributed by atoms with Crippen LogP contribution in [0.1, 0.15) is 48.9 Å². The molecule has 20 heavy (non-hydrogen) atoms. The molecule has 6 heteroatoms. The van der Waals surface area contributed by atoms with E-state index in [0.29, 0.717) is 4.96 Å². The fraction of sp³-hybridized carbons (Fsp3) is 0.500. The number of carbonyl (C=O) groups excluding carboxylic acids is 1. The van der Waals surface area contributed by atoms with Crippen molar-refractivity contribution in [2.24, 2.45) is 0 Å². The van der Waals surface area contributed by atoms with Gasteiger partial charge in [0.25, 0.3) is 11.5 Å². The molecule has 1 saturated carbocycles. The quantitative estimate of drug-likeness (QED) is 0.863. The van der Waals surface area contributed by atoms with Gasteiger partial charge >= 0.3 is 0 Å². The molecule has 0 radical (unpaired) electrons. The Hall–Kier alpha value is -1.69. The molecule has 0 atom stereocenters. The molecule has 5 nitrogen and oxygen atoms in total. The normalized spacial score (nSPS) is 17.0. The van der Waals surface area contributed by atoms with E-state index in [1.54, 1.807) is 11.6 Å². The van der Waals surface area contributed by atoms with Crippen molar-refractivity contribution in [2.75, 3.05) is 0 Å². The molecule has 1 N–H and O–H groups in total. The second kappa shape index (κ2) is 5.75. The number of carbonyl (C=O) groups is 1. The molecular weight excluding hydrogens is 274 g/mol. The highest BCUT2D eigenvalue weighted by Crippen LogP contribution is 2.17. The predicted molar refractivity (Wildman–Crippen MR) is 78.3 cm³/mol. The summed E-state index contributed by atoms with van der Waals surface area (Å²) in [7, 11) is 0. The predicted octanol–water partition coefficient (Wildman–Crippen LogP) is 2.21. The van der Waals surface area contributed by atoms with Crippen LogP contribution in [0.25, 0.3) is 4.96 Å². The number of thiazole rings is 1. The van der Waals surface area contributed by atoms with Gasteiger partial charge in [-0.1, -0.05) is 25.7 Å². The summed E-state index contributed by atoms with van der Waals surface area (Å²) in [6, 6.07) is 0.188. The Morgan fingerprint density at radius 3 is 2.80 bits per heavy atom. The van der Waals surface area contributed by atoms with Crippen LogP contribution in [0.3, 0.4) is 0 Å². The monoisotopic (exact) mass is 291 g/mol. The molecule has 0 saturated heterocycles. The van der Waals surface area contributed by atoms with E-state index in [4.69, 9.17) is 0 Å². The largest absolute Gasteiger partial charge is 0.349 e. The number of amides is 1. The number of fused-ring (bicyclic) bond motifs is 1. The summed E-state index contributed by atoms with van der Waals surface area (Å²) in [5.74, 6) is -0.296. The Morgan fingerprint density at radius 1 is 1.30 bits per heavy atom. The van der Waals surface area contributed by atoms with Gasteiger partial charge in [-0.05, 0) is 12.8 Å². The number of nitrogens with zero attached hydrogens (tertiary/aromatic N) is 2. The highest BCUT2D eigenvalue weighted by Gasteiger charge is 2.19. The van der Waals surface area contributed by atoms with Gasteiger partial charge in [0.2, 0.25) is 0 Å². The minimum atomic E-state index is -0.296. The van der Waals surface area contributed by atoms with E-state index in [9.17, 15) is 9.59 Å². The molecule has 3 rings (SSSR count). The van der Waals surface area contributed by atoms with Gasteiger partial charge in [-0.3, -0.25) is 14.0 Å². The lowest BCUT2D eigenvalue weighted by atomic mass is 10.1. The maximum absolute atomic E-state index is 12.3. The molecule has 2 heterocycles. The number of hydrogen-bond donors (Lipinski definition) is 1. The van der Waals surface area contributed by atoms with Crippen LogP contribution in [-0.4, -0.2) is 21.3 Å². The first kappa shape index (κ1) is 13.3. The lowest BCUT2D eigenvalue weighted by molar-refractivity contribution is 0.0931. The minimum absolute atomic E-state index is 0.130. The molecule has 0 aromatic carbocycles. The van der Waals surface area contributed by atoms with E-state index in [2.05, 4.69) is 10.3 Å². The van der Waals surface area contributed by atoms with Gasteiger partial charge in [-0.2, -0.15) is 0 Å². The zero-order valence-corrected chi connectivity index (χ0v) is 12.0. The van der Waals surface area contributed by atoms with E-state index < -0.39 is 0 Å². The van der Waals surface area contributed by atoms with Gasteiger partial charge in [0.15, 0.2) is 4.96 Å². The van der Waals surface area contributed by atoms with E-state index in [1.807, 2.05) is 0 Å². The zero-order chi connectivity index (χ0) is 13.9. The smallest absolute Gasteiger partial charge is 0.271 e. The molecule has 0 bridgehead atoms. The van der Waals surface area contributed by atoms with Crippen molar-refractivity contribution in [1.82, 2.24) is 14.7 Å². The summed E-state index contributed by atoms with van der Waals surface area (Å²) in [5.41, 5.74) is -0.160. The summed E-state index contributed by atoms with van der Waals surface area (Å²) in [6.07, 6.45) is 9.80. The Kier molecular flexibility index (Phi) is 3.82. The average molecular weight is 291 g/mol. The molecule has 2 aromatic rings. The van der Waals surface area contributed by atoms with Crippen molar-refractivity contribution in [3.05, 3.63) is 33.7 Å². The number of nitrogens with one attached hydrogen (secondary N) is 1. The highest BCUT2D eigenvalue weighted by molar-refractivity contribution is 7.15. The van der Waals surface area contributed by atoms with Crippen LogP contribution >= 0.6 is 11.3 Å². The number of rotatable bonds is 2. The molecule has 1 amide bonds. The van der Waals surface area contributed by atoms with Crippen LogP contribution in [0.5, 0.6) is 0 Å². The third-order valence-electron chi connectivity index (χ3n) is 3.78. The summed E-state index contributed by atoms with van der Waals surface area (Å²) in [6.45, 7) is 0. The van der Waals surface area contributed by atoms with Gasteiger partial charge in [0.05, 0.1) is 0 Å². The van der Waals surface area contributed by atoms with Crippen LogP contribution in [-0.2, 0) is 0 Å². The van der Waals surface area contributed by atoms with Crippen molar-refractivity contribution >= 4 is 22.2 Å². The van der Waals surface area contributed by atoms with Crippen LogP contribution in [0, 0.1) is 0 Å². The maximum atomic E-state index is 12.3. The van der Waals surface area contributed by atoms with Crippen molar-refractivity contribution in [3.63, 3.8) is 0 Å². The fourth-order valence-electron chi connectivity index (χ4n) is 2.67. The maximum Gasteiger partial charge on any atom is 0.271 e. The molecule has 1 fully saturated rings. The third-order valence-corrected chi connectivity index (χ3v) is 4.55. The Labute approximate surface area is 120 Å². The number of hydrogen-bond acceptors (Lipinski definition) is 4. The van der Waals surface area contributed by atoms with E-state index in [1.165, 1.54) is 34.8 Å². The van der Waals surface area contributed by atoms with Crippen molar-refractivity contribution in [3.8, 4) is 0 Å². The summed E-state index contributed by atoms with van der Waals surface area (Å²) in [5, 5.41) is 4.77. The van der Waals surface area contributed by atoms with Crippen molar-refractivity contribution in [2.45, 2.75) is 44.6 Å². The van der Waals surface area contributed by atoms with Crippen LogP contribution < -0.4 is 10.9 Å². The van der Waals surface area contributed by atoms with Crippen molar-refractivity contribution in [1.29, 1.82) is 0 Å². The SMILES string of the molecule is O=C(NC1CCCCCC1)c1cnc2sccn2c1=O. The Morgan fingerprint density at radius 2 is 2.05 bits per heavy atom. The average Bonchev–Trinajstić information content (AvgIpc) is 2.78. The summed E-state index contributed by atoms with van der Waals surface area (Å²) < 4.78 is 1.42. The molecular formula is C14H17N3O2S. The standard InChI is InChI=1S/C14H17N3O2S/c18-12(16-10-5-3-1-2-4-6-10)11-9-15-14-17(13(11)19)7-8-20-14/h7-10H,1-6H2,(H,16,18). The Balaban J connectivity index is 1.81. The highest BCUT2D eigenvalue weighted by atomic mass is 32.1. The molecule has 0 spiro atoms. The summed E-state index contributed by atoms with van der Waals surface area (Å²) in [4.78, 5) is 29.2. The van der Waals surface area contributed by atoms with Gasteiger partial charge in [0.1, 0.15) is 5.56 Å². The zero-order valence-electron chi connectivity index (χ0n) is 11.2. The second-order valence-electron chi connectivity index (χ2n) is 5.19. The molecule has 0 unspecified atom stereocenters. The van der Waals surface area contributed by atoms with Crippen molar-refractivity contribution < 1.29 is 4.79 Å². The molecule has 2 aromatic heterocycles. The van der Waals surface area contributed by atoms with Gasteiger partial charge < -0.3 is 5.32 Å². The summed E-state index contributed by atoms with van der Waals surface area (Å²) >= 11 is 1.38. The lowest BCUT2D eigenvalue weighted by Gasteiger charge is -2.15. The molecule has 106 valence electrons. The molecule has 1 aliphatic rings. The molecule has 0 aliphatic heterocycles. The van der Waals surface area contributed by atoms with Crippen LogP contribution in [0.15, 0.2) is 22.6 Å². The molecule has 1 aliphatic carbocycles. The first-order valence-electron chi connectivity index (χ1n) is 7.01. The van der Waals surface area contributed by atoms with E-state index >= 15 is 0 Å². The topological polar surface area (TPSA) is 63.5 Å². The number of aromatic nitrogens is 2. The lowest BCUT2D eigenvalue weighted by Crippen LogP contribution is -2.38. The second-order valence-corrected chi connectivity index (χ2v) is 6.07. The van der Waals surface area contributed by atoms with E-state index in [0.717, 1.165) is 25.7 Å². The first-order chi connectivity index (χ1) is 9.75. The Bertz CT molecular complexity index is 668.